The zero-order valence-electron chi connectivity index (χ0n) is 14.3. The summed E-state index contributed by atoms with van der Waals surface area (Å²) in [7, 11) is 0. The SMILES string of the molecule is O=C(N[C@]1(c2ccc(Br)cc2)CCOc2cccnc21)c1ccc(F)cc1. The minimum absolute atomic E-state index is 0.295. The minimum Gasteiger partial charge on any atom is -0.491 e. The molecule has 4 nitrogen and oxygen atoms in total. The van der Waals surface area contributed by atoms with E-state index in [9.17, 15) is 9.18 Å². The van der Waals surface area contributed by atoms with E-state index in [1.165, 1.54) is 24.3 Å². The van der Waals surface area contributed by atoms with Crippen LogP contribution in [-0.2, 0) is 5.54 Å². The van der Waals surface area contributed by atoms with Gasteiger partial charge in [-0.15, -0.1) is 0 Å². The smallest absolute Gasteiger partial charge is 0.252 e. The Kier molecular flexibility index (Phi) is 4.66. The van der Waals surface area contributed by atoms with Gasteiger partial charge in [0.15, 0.2) is 0 Å². The van der Waals surface area contributed by atoms with Crippen LogP contribution in [0.1, 0.15) is 28.0 Å². The summed E-state index contributed by atoms with van der Waals surface area (Å²) >= 11 is 3.45. The van der Waals surface area contributed by atoms with Crippen molar-refractivity contribution in [2.75, 3.05) is 6.61 Å². The molecule has 3 aromatic rings. The molecule has 1 aromatic heterocycles. The number of pyridine rings is 1. The van der Waals surface area contributed by atoms with Crippen LogP contribution in [0.25, 0.3) is 0 Å². The standard InChI is InChI=1S/C21H16BrFN2O2/c22-16-7-5-15(6-8-16)21(11-13-27-18-2-1-12-24-19(18)21)25-20(26)14-3-9-17(23)10-4-14/h1-10,12H,11,13H2,(H,25,26)/t21-/m0/s1. The molecule has 1 amide bonds. The molecule has 2 heterocycles. The van der Waals surface area contributed by atoms with E-state index in [0.717, 1.165) is 10.0 Å². The van der Waals surface area contributed by atoms with Crippen molar-refractivity contribution in [1.82, 2.24) is 10.3 Å². The maximum Gasteiger partial charge on any atom is 0.252 e. The van der Waals surface area contributed by atoms with E-state index in [1.807, 2.05) is 30.3 Å². The number of amides is 1. The average molecular weight is 427 g/mol. The van der Waals surface area contributed by atoms with Gasteiger partial charge in [0, 0.05) is 22.7 Å². The largest absolute Gasteiger partial charge is 0.491 e. The Balaban J connectivity index is 1.81. The van der Waals surface area contributed by atoms with E-state index in [-0.39, 0.29) is 11.7 Å². The fourth-order valence-electron chi connectivity index (χ4n) is 3.34. The van der Waals surface area contributed by atoms with Gasteiger partial charge in [-0.2, -0.15) is 0 Å². The third-order valence-electron chi connectivity index (χ3n) is 4.68. The predicted octanol–water partition coefficient (Wildman–Crippen LogP) is 4.44. The second-order valence-electron chi connectivity index (χ2n) is 6.32. The number of hydrogen-bond acceptors (Lipinski definition) is 3. The number of nitrogens with zero attached hydrogens (tertiary/aromatic N) is 1. The molecule has 27 heavy (non-hydrogen) atoms. The van der Waals surface area contributed by atoms with Gasteiger partial charge in [-0.05, 0) is 54.1 Å². The molecule has 0 unspecified atom stereocenters. The molecule has 0 saturated carbocycles. The number of carbonyl (C=O) groups excluding carboxylic acids is 1. The first-order chi connectivity index (χ1) is 13.1. The highest BCUT2D eigenvalue weighted by Gasteiger charge is 2.42. The molecule has 1 aliphatic heterocycles. The van der Waals surface area contributed by atoms with Gasteiger partial charge in [-0.3, -0.25) is 9.78 Å². The summed E-state index contributed by atoms with van der Waals surface area (Å²) in [5.74, 6) is -0.0326. The summed E-state index contributed by atoms with van der Waals surface area (Å²) in [6.07, 6.45) is 2.22. The fraction of sp³-hybridized carbons (Fsp3) is 0.143. The first kappa shape index (κ1) is 17.7. The lowest BCUT2D eigenvalue weighted by atomic mass is 9.81. The van der Waals surface area contributed by atoms with E-state index in [0.29, 0.717) is 30.0 Å². The Morgan fingerprint density at radius 3 is 2.59 bits per heavy atom. The summed E-state index contributed by atoms with van der Waals surface area (Å²) in [5, 5.41) is 3.14. The molecule has 4 rings (SSSR count). The molecular weight excluding hydrogens is 411 g/mol. The number of aromatic nitrogens is 1. The highest BCUT2D eigenvalue weighted by Crippen LogP contribution is 2.40. The molecule has 136 valence electrons. The van der Waals surface area contributed by atoms with Crippen molar-refractivity contribution in [2.24, 2.45) is 0 Å². The van der Waals surface area contributed by atoms with Crippen molar-refractivity contribution in [3.8, 4) is 5.75 Å². The summed E-state index contributed by atoms with van der Waals surface area (Å²) in [6.45, 7) is 0.443. The second kappa shape index (κ2) is 7.12. The van der Waals surface area contributed by atoms with E-state index in [4.69, 9.17) is 4.74 Å². The number of benzene rings is 2. The molecule has 0 aliphatic carbocycles. The number of carbonyl (C=O) groups is 1. The Labute approximate surface area is 164 Å². The van der Waals surface area contributed by atoms with Gasteiger partial charge in [0.2, 0.25) is 0 Å². The summed E-state index contributed by atoms with van der Waals surface area (Å²) in [5.41, 5.74) is 1.12. The van der Waals surface area contributed by atoms with Crippen LogP contribution < -0.4 is 10.1 Å². The summed E-state index contributed by atoms with van der Waals surface area (Å²) in [4.78, 5) is 17.5. The zero-order valence-corrected chi connectivity index (χ0v) is 15.9. The lowest BCUT2D eigenvalue weighted by Crippen LogP contribution is -2.50. The second-order valence-corrected chi connectivity index (χ2v) is 7.24. The number of ether oxygens (including phenoxy) is 1. The van der Waals surface area contributed by atoms with Crippen molar-refractivity contribution in [2.45, 2.75) is 12.0 Å². The highest BCUT2D eigenvalue weighted by molar-refractivity contribution is 9.10. The van der Waals surface area contributed by atoms with Crippen LogP contribution in [-0.4, -0.2) is 17.5 Å². The lowest BCUT2D eigenvalue weighted by Gasteiger charge is -2.39. The Morgan fingerprint density at radius 2 is 1.85 bits per heavy atom. The van der Waals surface area contributed by atoms with Crippen molar-refractivity contribution in [3.05, 3.63) is 94.0 Å². The van der Waals surface area contributed by atoms with Gasteiger partial charge < -0.3 is 10.1 Å². The number of nitrogens with one attached hydrogen (secondary N) is 1. The fourth-order valence-corrected chi connectivity index (χ4v) is 3.60. The molecule has 1 N–H and O–H groups in total. The molecular formula is C21H16BrFN2O2. The molecule has 0 radical (unpaired) electrons. The third-order valence-corrected chi connectivity index (χ3v) is 5.21. The highest BCUT2D eigenvalue weighted by atomic mass is 79.9. The third kappa shape index (κ3) is 3.32. The van der Waals surface area contributed by atoms with E-state index >= 15 is 0 Å². The Bertz CT molecular complexity index is 976. The minimum atomic E-state index is -0.832. The van der Waals surface area contributed by atoms with Gasteiger partial charge in [0.05, 0.1) is 6.61 Å². The molecule has 0 bridgehead atoms. The van der Waals surface area contributed by atoms with Crippen molar-refractivity contribution in [3.63, 3.8) is 0 Å². The van der Waals surface area contributed by atoms with Crippen LogP contribution >= 0.6 is 15.9 Å². The van der Waals surface area contributed by atoms with Crippen LogP contribution in [0, 0.1) is 5.82 Å². The van der Waals surface area contributed by atoms with Crippen molar-refractivity contribution >= 4 is 21.8 Å². The van der Waals surface area contributed by atoms with Crippen LogP contribution in [0.2, 0.25) is 0 Å². The molecule has 6 heteroatoms. The molecule has 0 fully saturated rings. The first-order valence-corrected chi connectivity index (χ1v) is 9.30. The van der Waals surface area contributed by atoms with E-state index in [1.54, 1.807) is 12.3 Å². The predicted molar refractivity (Wildman–Crippen MR) is 103 cm³/mol. The van der Waals surface area contributed by atoms with Gasteiger partial charge in [-0.25, -0.2) is 4.39 Å². The number of fused-ring (bicyclic) bond motifs is 1. The normalized spacial score (nSPS) is 18.3. The zero-order chi connectivity index (χ0) is 18.9. The average Bonchev–Trinajstić information content (AvgIpc) is 2.69. The quantitative estimate of drug-likeness (QED) is 0.673. The van der Waals surface area contributed by atoms with Crippen molar-refractivity contribution in [1.29, 1.82) is 0 Å². The Hall–Kier alpha value is -2.73. The van der Waals surface area contributed by atoms with Gasteiger partial charge in [0.1, 0.15) is 22.8 Å². The maximum atomic E-state index is 13.2. The molecule has 0 saturated heterocycles. The number of halogens is 2. The first-order valence-electron chi connectivity index (χ1n) is 8.51. The van der Waals surface area contributed by atoms with Crippen molar-refractivity contribution < 1.29 is 13.9 Å². The Morgan fingerprint density at radius 1 is 1.11 bits per heavy atom. The molecule has 1 aliphatic rings. The van der Waals surface area contributed by atoms with E-state index < -0.39 is 5.54 Å². The van der Waals surface area contributed by atoms with Gasteiger partial charge in [-0.1, -0.05) is 28.1 Å². The van der Waals surface area contributed by atoms with Crippen LogP contribution in [0.5, 0.6) is 5.75 Å². The van der Waals surface area contributed by atoms with Crippen LogP contribution in [0.3, 0.4) is 0 Å². The van der Waals surface area contributed by atoms with Crippen LogP contribution in [0.15, 0.2) is 71.3 Å². The van der Waals surface area contributed by atoms with Gasteiger partial charge >= 0.3 is 0 Å². The molecule has 0 spiro atoms. The topological polar surface area (TPSA) is 51.2 Å². The lowest BCUT2D eigenvalue weighted by molar-refractivity contribution is 0.0883. The summed E-state index contributed by atoms with van der Waals surface area (Å²) in [6, 6.07) is 16.9. The molecule has 2 aromatic carbocycles. The number of hydrogen-bond donors (Lipinski definition) is 1. The van der Waals surface area contributed by atoms with Crippen LogP contribution in [0.4, 0.5) is 4.39 Å². The number of rotatable bonds is 3. The molecule has 1 atom stereocenters. The maximum absolute atomic E-state index is 13.2. The summed E-state index contributed by atoms with van der Waals surface area (Å²) < 4.78 is 19.9. The van der Waals surface area contributed by atoms with E-state index in [2.05, 4.69) is 26.2 Å². The monoisotopic (exact) mass is 426 g/mol. The van der Waals surface area contributed by atoms with Gasteiger partial charge in [0.25, 0.3) is 5.91 Å².